The summed E-state index contributed by atoms with van der Waals surface area (Å²) in [7, 11) is 0. The molecule has 1 amide bonds. The van der Waals surface area contributed by atoms with Crippen LogP contribution in [0.3, 0.4) is 0 Å². The second-order valence-electron chi connectivity index (χ2n) is 6.60. The van der Waals surface area contributed by atoms with Gasteiger partial charge in [0.1, 0.15) is 6.10 Å². The molecule has 2 saturated heterocycles. The molecule has 0 N–H and O–H groups in total. The molecule has 0 spiro atoms. The van der Waals surface area contributed by atoms with Crippen molar-refractivity contribution in [1.82, 2.24) is 14.9 Å². The Labute approximate surface area is 141 Å². The Morgan fingerprint density at radius 1 is 1.12 bits per heavy atom. The van der Waals surface area contributed by atoms with Crippen LogP contribution in [0, 0.1) is 0 Å². The molecule has 0 aliphatic carbocycles. The van der Waals surface area contributed by atoms with Crippen molar-refractivity contribution in [2.45, 2.75) is 50.3 Å². The first kappa shape index (κ1) is 15.1. The fourth-order valence-electron chi connectivity index (χ4n) is 3.99. The van der Waals surface area contributed by atoms with Gasteiger partial charge in [0.25, 0.3) is 0 Å². The lowest BCUT2D eigenvalue weighted by molar-refractivity contribution is -0.136. The molecule has 2 aromatic heterocycles. The van der Waals surface area contributed by atoms with Crippen molar-refractivity contribution in [2.24, 2.45) is 0 Å². The molecule has 4 heterocycles. The third kappa shape index (κ3) is 3.11. The van der Waals surface area contributed by atoms with E-state index >= 15 is 0 Å². The summed E-state index contributed by atoms with van der Waals surface area (Å²) < 4.78 is 6.02. The van der Waals surface area contributed by atoms with Gasteiger partial charge in [0.15, 0.2) is 0 Å². The summed E-state index contributed by atoms with van der Waals surface area (Å²) in [5, 5.41) is 0. The highest BCUT2D eigenvalue weighted by Gasteiger charge is 2.43. The number of carbonyl (C=O) groups is 1. The van der Waals surface area contributed by atoms with E-state index in [9.17, 15) is 4.79 Å². The fourth-order valence-corrected chi connectivity index (χ4v) is 3.99. The summed E-state index contributed by atoms with van der Waals surface area (Å²) in [6, 6.07) is 10.1. The Kier molecular flexibility index (Phi) is 4.15. The second kappa shape index (κ2) is 6.59. The number of hydrogen-bond donors (Lipinski definition) is 0. The fraction of sp³-hybridized carbons (Fsp3) is 0.421. The zero-order valence-corrected chi connectivity index (χ0v) is 13.5. The Morgan fingerprint density at radius 3 is 2.62 bits per heavy atom. The van der Waals surface area contributed by atoms with Gasteiger partial charge in [0.2, 0.25) is 11.8 Å². The van der Waals surface area contributed by atoms with Crippen LogP contribution in [0.1, 0.15) is 31.2 Å². The van der Waals surface area contributed by atoms with E-state index in [1.165, 1.54) is 0 Å². The van der Waals surface area contributed by atoms with Crippen molar-refractivity contribution < 1.29 is 9.53 Å². The minimum atomic E-state index is 0.153. The maximum Gasteiger partial charge on any atom is 0.227 e. The summed E-state index contributed by atoms with van der Waals surface area (Å²) in [4.78, 5) is 23.2. The molecule has 2 aliphatic heterocycles. The summed E-state index contributed by atoms with van der Waals surface area (Å²) in [5.74, 6) is 0.892. The number of ether oxygens (including phenoxy) is 1. The predicted molar refractivity (Wildman–Crippen MR) is 89.5 cm³/mol. The van der Waals surface area contributed by atoms with Gasteiger partial charge in [-0.3, -0.25) is 9.78 Å². The molecular formula is C19H21N3O2. The van der Waals surface area contributed by atoms with Gasteiger partial charge in [-0.15, -0.1) is 0 Å². The molecule has 0 saturated carbocycles. The van der Waals surface area contributed by atoms with Crippen LogP contribution in [0.4, 0.5) is 0 Å². The largest absolute Gasteiger partial charge is 0.474 e. The maximum atomic E-state index is 12.7. The summed E-state index contributed by atoms with van der Waals surface area (Å²) in [6.45, 7) is 0. The topological polar surface area (TPSA) is 55.3 Å². The summed E-state index contributed by atoms with van der Waals surface area (Å²) in [6.07, 6.45) is 9.78. The third-order valence-corrected chi connectivity index (χ3v) is 4.98. The van der Waals surface area contributed by atoms with E-state index < -0.39 is 0 Å². The third-order valence-electron chi connectivity index (χ3n) is 4.98. The van der Waals surface area contributed by atoms with Gasteiger partial charge in [0.05, 0.1) is 6.42 Å². The van der Waals surface area contributed by atoms with Gasteiger partial charge >= 0.3 is 0 Å². The predicted octanol–water partition coefficient (Wildman–Crippen LogP) is 2.62. The molecule has 2 aromatic rings. The van der Waals surface area contributed by atoms with Gasteiger partial charge in [-0.25, -0.2) is 4.98 Å². The molecule has 2 atom stereocenters. The summed E-state index contributed by atoms with van der Waals surface area (Å²) >= 11 is 0. The molecule has 2 unspecified atom stereocenters. The van der Waals surface area contributed by atoms with E-state index in [0.29, 0.717) is 24.4 Å². The Bertz CT molecular complexity index is 678. The first-order chi connectivity index (χ1) is 11.8. The Hall–Kier alpha value is -2.43. The van der Waals surface area contributed by atoms with Crippen molar-refractivity contribution in [3.05, 3.63) is 54.5 Å². The number of amides is 1. The van der Waals surface area contributed by atoms with Crippen LogP contribution in [-0.4, -0.2) is 39.0 Å². The van der Waals surface area contributed by atoms with Gasteiger partial charge in [-0.1, -0.05) is 12.1 Å². The molecule has 5 nitrogen and oxygen atoms in total. The van der Waals surface area contributed by atoms with Crippen molar-refractivity contribution in [3.63, 3.8) is 0 Å². The Morgan fingerprint density at radius 2 is 1.96 bits per heavy atom. The average molecular weight is 323 g/mol. The molecule has 0 aromatic carbocycles. The number of aromatic nitrogens is 2. The van der Waals surface area contributed by atoms with Crippen LogP contribution in [-0.2, 0) is 11.2 Å². The lowest BCUT2D eigenvalue weighted by atomic mass is 9.98. The molecule has 2 fully saturated rings. The standard InChI is InChI=1S/C19H21N3O2/c23-19(10-14-4-3-8-20-13-14)22-15-6-7-16(22)12-17(11-15)24-18-5-1-2-9-21-18/h1-5,8-9,13,15-17H,6-7,10-12H2. The van der Waals surface area contributed by atoms with Gasteiger partial charge in [-0.2, -0.15) is 0 Å². The van der Waals surface area contributed by atoms with Crippen LogP contribution in [0.5, 0.6) is 5.88 Å². The van der Waals surface area contributed by atoms with E-state index in [1.807, 2.05) is 30.3 Å². The van der Waals surface area contributed by atoms with Crippen LogP contribution in [0.15, 0.2) is 48.9 Å². The average Bonchev–Trinajstić information content (AvgIpc) is 2.88. The van der Waals surface area contributed by atoms with Gasteiger partial charge < -0.3 is 9.64 Å². The molecule has 124 valence electrons. The van der Waals surface area contributed by atoms with Crippen molar-refractivity contribution in [3.8, 4) is 5.88 Å². The van der Waals surface area contributed by atoms with Crippen molar-refractivity contribution >= 4 is 5.91 Å². The Balaban J connectivity index is 1.40. The number of pyridine rings is 2. The van der Waals surface area contributed by atoms with Crippen LogP contribution in [0.2, 0.25) is 0 Å². The number of nitrogens with zero attached hydrogens (tertiary/aromatic N) is 3. The zero-order valence-electron chi connectivity index (χ0n) is 13.5. The van der Waals surface area contributed by atoms with E-state index in [2.05, 4.69) is 14.9 Å². The van der Waals surface area contributed by atoms with Gasteiger partial charge in [-0.05, 0) is 30.5 Å². The first-order valence-corrected chi connectivity index (χ1v) is 8.57. The molecule has 24 heavy (non-hydrogen) atoms. The van der Waals surface area contributed by atoms with Gasteiger partial charge in [0, 0.05) is 49.6 Å². The number of fused-ring (bicyclic) bond motifs is 2. The molecule has 2 bridgehead atoms. The molecule has 4 rings (SSSR count). The molecule has 2 aliphatic rings. The highest BCUT2D eigenvalue weighted by molar-refractivity contribution is 5.79. The van der Waals surface area contributed by atoms with E-state index in [1.54, 1.807) is 18.6 Å². The van der Waals surface area contributed by atoms with Crippen molar-refractivity contribution in [2.75, 3.05) is 0 Å². The SMILES string of the molecule is O=C(Cc1cccnc1)N1C2CCC1CC(Oc1ccccn1)C2. The number of piperidine rings is 1. The van der Waals surface area contributed by atoms with Crippen molar-refractivity contribution in [1.29, 1.82) is 0 Å². The smallest absolute Gasteiger partial charge is 0.227 e. The minimum absolute atomic E-state index is 0.153. The lowest BCUT2D eigenvalue weighted by Crippen LogP contribution is -2.49. The number of rotatable bonds is 4. The zero-order chi connectivity index (χ0) is 16.4. The summed E-state index contributed by atoms with van der Waals surface area (Å²) in [5.41, 5.74) is 0.980. The highest BCUT2D eigenvalue weighted by atomic mass is 16.5. The van der Waals surface area contributed by atoms with Crippen LogP contribution < -0.4 is 4.74 Å². The van der Waals surface area contributed by atoms with Crippen LogP contribution >= 0.6 is 0 Å². The lowest BCUT2D eigenvalue weighted by Gasteiger charge is -2.38. The number of carbonyl (C=O) groups excluding carboxylic acids is 1. The molecule has 5 heteroatoms. The second-order valence-corrected chi connectivity index (χ2v) is 6.60. The number of hydrogen-bond acceptors (Lipinski definition) is 4. The van der Waals surface area contributed by atoms with E-state index in [-0.39, 0.29) is 12.0 Å². The normalized spacial score (nSPS) is 25.5. The van der Waals surface area contributed by atoms with Crippen LogP contribution in [0.25, 0.3) is 0 Å². The minimum Gasteiger partial charge on any atom is -0.474 e. The maximum absolute atomic E-state index is 12.7. The van der Waals surface area contributed by atoms with E-state index in [4.69, 9.17) is 4.74 Å². The molecular weight excluding hydrogens is 302 g/mol. The van der Waals surface area contributed by atoms with E-state index in [0.717, 1.165) is 31.2 Å². The molecule has 0 radical (unpaired) electrons. The quantitative estimate of drug-likeness (QED) is 0.868. The monoisotopic (exact) mass is 323 g/mol. The highest BCUT2D eigenvalue weighted by Crippen LogP contribution is 2.37. The first-order valence-electron chi connectivity index (χ1n) is 8.57.